The van der Waals surface area contributed by atoms with E-state index < -0.39 is 11.9 Å². The molecule has 0 spiro atoms. The number of fused-ring (bicyclic) bond motifs is 3. The van der Waals surface area contributed by atoms with Crippen LogP contribution in [-0.4, -0.2) is 112 Å². The van der Waals surface area contributed by atoms with E-state index in [-0.39, 0.29) is 35.6 Å². The van der Waals surface area contributed by atoms with Gasteiger partial charge in [-0.05, 0) is 117 Å². The number of aromatic nitrogens is 4. The Morgan fingerprint density at radius 3 is 2.42 bits per heavy atom. The maximum Gasteiger partial charge on any atom is 0.355 e. The third-order valence-corrected chi connectivity index (χ3v) is 16.0. The Hall–Kier alpha value is -7.21. The number of hydrogen-bond donors (Lipinski definition) is 3. The number of rotatable bonds is 14. The zero-order valence-electron chi connectivity index (χ0n) is 41.1. The molecule has 2 saturated heterocycles. The number of carboxylic acid groups (broad SMARTS) is 1. The van der Waals surface area contributed by atoms with Gasteiger partial charge in [-0.15, -0.1) is 0 Å². The number of piperidine rings is 1. The number of carbonyl (C=O) groups excluding carboxylic acids is 3. The fraction of sp³-hybridized carbons (Fsp3) is 0.375. The third kappa shape index (κ3) is 10.0. The molecule has 0 radical (unpaired) electrons. The van der Waals surface area contributed by atoms with E-state index >= 15 is 0 Å². The van der Waals surface area contributed by atoms with Crippen LogP contribution < -0.4 is 25.2 Å². The summed E-state index contributed by atoms with van der Waals surface area (Å²) in [4.78, 5) is 67.3. The van der Waals surface area contributed by atoms with Gasteiger partial charge in [-0.25, -0.2) is 14.8 Å². The highest BCUT2D eigenvalue weighted by molar-refractivity contribution is 7.22. The average molecular weight is 1000 g/mol. The summed E-state index contributed by atoms with van der Waals surface area (Å²) in [7, 11) is 1.93. The molecule has 17 heteroatoms. The Balaban J connectivity index is 0.657. The van der Waals surface area contributed by atoms with Gasteiger partial charge < -0.3 is 24.4 Å². The van der Waals surface area contributed by atoms with Gasteiger partial charge in [-0.2, -0.15) is 5.10 Å². The Labute approximate surface area is 427 Å². The molecule has 1 atom stereocenters. The number of thiazole rings is 1. The van der Waals surface area contributed by atoms with E-state index in [1.165, 1.54) is 11.3 Å². The van der Waals surface area contributed by atoms with Crippen LogP contribution in [0.2, 0.25) is 0 Å². The number of nitrogens with zero attached hydrogens (tertiary/aromatic N) is 7. The number of benzene rings is 4. The number of aryl methyl sites for hydroxylation is 1. The lowest BCUT2D eigenvalue weighted by Crippen LogP contribution is -2.47. The molecule has 1 unspecified atom stereocenters. The number of para-hydroxylation sites is 2. The van der Waals surface area contributed by atoms with Gasteiger partial charge in [0.1, 0.15) is 11.6 Å². The van der Waals surface area contributed by atoms with Crippen molar-refractivity contribution in [3.8, 4) is 16.9 Å². The molecular weight excluding hydrogens is 943 g/mol. The number of piperazine rings is 1. The fourth-order valence-electron chi connectivity index (χ4n) is 11.2. The minimum atomic E-state index is -1.11. The lowest BCUT2D eigenvalue weighted by molar-refractivity contribution is -0.134. The molecular formula is C56H59N9O7S. The number of carboxylic acids is 1. The molecule has 4 aliphatic rings. The number of hydrogen-bond acceptors (Lipinski definition) is 13. The molecule has 1 aliphatic carbocycles. The van der Waals surface area contributed by atoms with Crippen molar-refractivity contribution in [3.05, 3.63) is 125 Å². The summed E-state index contributed by atoms with van der Waals surface area (Å²) < 4.78 is 15.9. The van der Waals surface area contributed by atoms with Crippen molar-refractivity contribution in [2.45, 2.75) is 83.0 Å². The van der Waals surface area contributed by atoms with Crippen LogP contribution in [0.3, 0.4) is 0 Å². The van der Waals surface area contributed by atoms with Gasteiger partial charge in [-0.3, -0.25) is 34.6 Å². The number of pyridine rings is 1. The van der Waals surface area contributed by atoms with Gasteiger partial charge in [0.2, 0.25) is 11.8 Å². The van der Waals surface area contributed by atoms with E-state index in [2.05, 4.69) is 31.5 Å². The van der Waals surface area contributed by atoms with Crippen LogP contribution in [0.25, 0.3) is 32.2 Å². The molecule has 73 heavy (non-hydrogen) atoms. The van der Waals surface area contributed by atoms with Crippen LogP contribution in [-0.2, 0) is 34.3 Å². The van der Waals surface area contributed by atoms with Crippen molar-refractivity contribution < 1.29 is 33.8 Å². The molecule has 1 saturated carbocycles. The van der Waals surface area contributed by atoms with Crippen LogP contribution in [0.15, 0.2) is 91.0 Å². The quantitative estimate of drug-likeness (QED) is 0.0697. The van der Waals surface area contributed by atoms with Gasteiger partial charge in [-0.1, -0.05) is 59.9 Å². The molecule has 3 N–H and O–H groups in total. The number of imide groups is 1. The van der Waals surface area contributed by atoms with E-state index in [1.807, 2.05) is 108 Å². The predicted molar refractivity (Wildman–Crippen MR) is 282 cm³/mol. The van der Waals surface area contributed by atoms with Gasteiger partial charge in [0, 0.05) is 82.4 Å². The van der Waals surface area contributed by atoms with E-state index in [0.717, 1.165) is 125 Å². The lowest BCUT2D eigenvalue weighted by Gasteiger charge is -2.36. The molecule has 6 heterocycles. The number of aromatic carboxylic acids is 1. The van der Waals surface area contributed by atoms with Gasteiger partial charge in [0.15, 0.2) is 10.8 Å². The minimum absolute atomic E-state index is 0.0286. The monoisotopic (exact) mass is 1000 g/mol. The average Bonchev–Trinajstić information content (AvgIpc) is 3.98. The summed E-state index contributed by atoms with van der Waals surface area (Å²) in [6.07, 6.45) is 6.23. The third-order valence-electron chi connectivity index (χ3n) is 15.1. The maximum atomic E-state index is 13.7. The molecule has 3 fully saturated rings. The summed E-state index contributed by atoms with van der Waals surface area (Å²) in [6.45, 7) is 8.37. The normalized spacial score (nSPS) is 19.5. The maximum absolute atomic E-state index is 13.7. The topological polar surface area (TPSA) is 184 Å². The molecule has 0 bridgehead atoms. The number of carbonyl (C=O) groups is 4. The SMILES string of the molecule is Cc1c(OC2CCC(OCCCN3CCN(c4cccc5c(C6CCC(=O)NC6=O)nn(C)c45)CC3)CC2)cccc1-c1ccc(N2CCc3cccc(C(=O)Nc4nc5ccccc5s4)c3C2)nc1C(=O)O. The first-order valence-electron chi connectivity index (χ1n) is 25.5. The van der Waals surface area contributed by atoms with Crippen molar-refractivity contribution in [2.75, 3.05) is 61.0 Å². The predicted octanol–water partition coefficient (Wildman–Crippen LogP) is 8.51. The second kappa shape index (κ2) is 20.7. The van der Waals surface area contributed by atoms with Crippen molar-refractivity contribution in [2.24, 2.45) is 7.05 Å². The van der Waals surface area contributed by atoms with E-state index in [4.69, 9.17) is 19.6 Å². The fourth-order valence-corrected chi connectivity index (χ4v) is 12.0. The summed E-state index contributed by atoms with van der Waals surface area (Å²) in [5.74, 6) is -0.990. The number of anilines is 3. The lowest BCUT2D eigenvalue weighted by atomic mass is 9.92. The highest BCUT2D eigenvalue weighted by atomic mass is 32.1. The van der Waals surface area contributed by atoms with E-state index in [1.54, 1.807) is 0 Å². The minimum Gasteiger partial charge on any atom is -0.490 e. The second-order valence-electron chi connectivity index (χ2n) is 19.6. The highest BCUT2D eigenvalue weighted by Crippen LogP contribution is 2.38. The molecule has 3 aromatic heterocycles. The van der Waals surface area contributed by atoms with Crippen LogP contribution >= 0.6 is 11.3 Å². The van der Waals surface area contributed by atoms with Crippen LogP contribution in [0.5, 0.6) is 5.75 Å². The molecule has 11 rings (SSSR count). The zero-order chi connectivity index (χ0) is 50.2. The number of nitrogens with one attached hydrogen (secondary N) is 2. The highest BCUT2D eigenvalue weighted by Gasteiger charge is 2.33. The van der Waals surface area contributed by atoms with Gasteiger partial charge >= 0.3 is 5.97 Å². The van der Waals surface area contributed by atoms with Crippen molar-refractivity contribution in [1.29, 1.82) is 0 Å². The van der Waals surface area contributed by atoms with Crippen molar-refractivity contribution >= 4 is 72.8 Å². The van der Waals surface area contributed by atoms with Crippen molar-refractivity contribution in [3.63, 3.8) is 0 Å². The molecule has 16 nitrogen and oxygen atoms in total. The van der Waals surface area contributed by atoms with Crippen LogP contribution in [0.4, 0.5) is 16.6 Å². The molecule has 3 aliphatic heterocycles. The van der Waals surface area contributed by atoms with E-state index in [0.29, 0.717) is 61.0 Å². The van der Waals surface area contributed by atoms with Crippen molar-refractivity contribution in [1.82, 2.24) is 30.0 Å². The molecule has 4 aromatic carbocycles. The first-order valence-corrected chi connectivity index (χ1v) is 26.3. The van der Waals surface area contributed by atoms with Gasteiger partial charge in [0.05, 0.1) is 45.2 Å². The summed E-state index contributed by atoms with van der Waals surface area (Å²) >= 11 is 1.43. The summed E-state index contributed by atoms with van der Waals surface area (Å²) in [5, 5.41) is 22.3. The van der Waals surface area contributed by atoms with E-state index in [9.17, 15) is 24.3 Å². The first kappa shape index (κ1) is 48.1. The Bertz CT molecular complexity index is 3210. The Morgan fingerprint density at radius 1 is 0.822 bits per heavy atom. The van der Waals surface area contributed by atoms with Crippen LogP contribution in [0, 0.1) is 6.92 Å². The number of ether oxygens (including phenoxy) is 2. The summed E-state index contributed by atoms with van der Waals surface area (Å²) in [5.41, 5.74) is 8.36. The first-order chi connectivity index (χ1) is 35.5. The van der Waals surface area contributed by atoms with Crippen LogP contribution in [0.1, 0.15) is 94.1 Å². The zero-order valence-corrected chi connectivity index (χ0v) is 42.0. The Kier molecular flexibility index (Phi) is 13.6. The molecule has 7 aromatic rings. The smallest absolute Gasteiger partial charge is 0.355 e. The summed E-state index contributed by atoms with van der Waals surface area (Å²) in [6, 6.07) is 29.3. The second-order valence-corrected chi connectivity index (χ2v) is 20.6. The molecule has 3 amide bonds. The Morgan fingerprint density at radius 2 is 1.62 bits per heavy atom. The van der Waals surface area contributed by atoms with Gasteiger partial charge in [0.25, 0.3) is 5.91 Å². The largest absolute Gasteiger partial charge is 0.490 e. The standard InChI is InChI=1S/C56H59N9O7S/c1-34-38(39-21-23-48(58-51(39)55(69)70)65-27-25-35-9-5-11-40(43(35)33-65)53(67)60-56-57-44-13-3-4-16-47(44)73-56)10-7-15-46(34)72-37-19-17-36(18-20-37)71-32-8-26-63-28-30-64(31-29-63)45-14-6-12-41-50(61-62(2)52(41)45)42-22-24-49(66)59-54(42)68/h3-7,9-16,21,23,36-37,42H,8,17-20,22,24-33H2,1-2H3,(H,69,70)(H,57,60,67)(H,59,66,68). The molecule has 376 valence electrons. The number of amides is 3.